The number of anilines is 1. The first-order chi connectivity index (χ1) is 10.0. The first-order valence-corrected chi connectivity index (χ1v) is 8.14. The Morgan fingerprint density at radius 2 is 2.00 bits per heavy atom. The molecular formula is C14H8BrClIN3O. The van der Waals surface area contributed by atoms with Crippen LogP contribution in [-0.2, 0) is 0 Å². The average Bonchev–Trinajstić information content (AvgIpc) is 2.94. The Morgan fingerprint density at radius 1 is 1.19 bits per heavy atom. The molecule has 0 radical (unpaired) electrons. The lowest BCUT2D eigenvalue weighted by Gasteiger charge is -2.00. The highest BCUT2D eigenvalue weighted by Crippen LogP contribution is 2.30. The van der Waals surface area contributed by atoms with Crippen molar-refractivity contribution in [1.29, 1.82) is 0 Å². The molecular weight excluding hydrogens is 468 g/mol. The van der Waals surface area contributed by atoms with Crippen molar-refractivity contribution < 1.29 is 4.52 Å². The van der Waals surface area contributed by atoms with Crippen LogP contribution >= 0.6 is 50.1 Å². The molecule has 1 heterocycles. The van der Waals surface area contributed by atoms with Crippen LogP contribution in [0.5, 0.6) is 0 Å². The molecule has 2 aromatic carbocycles. The second kappa shape index (κ2) is 5.94. The Bertz CT molecular complexity index is 822. The highest BCUT2D eigenvalue weighted by Gasteiger charge is 2.14. The number of hydrogen-bond donors (Lipinski definition) is 1. The minimum atomic E-state index is 0.395. The largest absolute Gasteiger partial charge is 0.398 e. The van der Waals surface area contributed by atoms with Crippen molar-refractivity contribution in [2.75, 3.05) is 5.73 Å². The van der Waals surface area contributed by atoms with E-state index in [0.717, 1.165) is 19.2 Å². The topological polar surface area (TPSA) is 64.9 Å². The van der Waals surface area contributed by atoms with Crippen molar-refractivity contribution in [2.24, 2.45) is 0 Å². The minimum absolute atomic E-state index is 0.395. The van der Waals surface area contributed by atoms with E-state index in [1.54, 1.807) is 6.07 Å². The number of rotatable bonds is 2. The third-order valence-electron chi connectivity index (χ3n) is 2.85. The number of nitrogens with zero attached hydrogens (tertiary/aromatic N) is 2. The molecule has 0 unspecified atom stereocenters. The molecule has 0 bridgehead atoms. The molecule has 0 aliphatic rings. The Labute approximate surface area is 148 Å². The van der Waals surface area contributed by atoms with Gasteiger partial charge in [-0.25, -0.2) is 0 Å². The van der Waals surface area contributed by atoms with Gasteiger partial charge in [0, 0.05) is 19.3 Å². The highest BCUT2D eigenvalue weighted by molar-refractivity contribution is 14.1. The summed E-state index contributed by atoms with van der Waals surface area (Å²) < 4.78 is 7.14. The molecule has 4 nitrogen and oxygen atoms in total. The van der Waals surface area contributed by atoms with Gasteiger partial charge < -0.3 is 10.3 Å². The molecule has 0 aliphatic carbocycles. The Balaban J connectivity index is 2.03. The minimum Gasteiger partial charge on any atom is -0.398 e. The predicted molar refractivity (Wildman–Crippen MR) is 95.0 cm³/mol. The van der Waals surface area contributed by atoms with Gasteiger partial charge in [0.05, 0.1) is 10.6 Å². The number of nitrogens with two attached hydrogens (primary N) is 1. The standard InChI is InChI=1S/C14H8BrClIN3O/c15-10-5-7(1-3-11(10)16)13-19-14(21-20-13)9-6-8(17)2-4-12(9)18/h1-6H,18H2. The molecule has 0 amide bonds. The van der Waals surface area contributed by atoms with E-state index < -0.39 is 0 Å². The molecule has 0 spiro atoms. The number of hydrogen-bond acceptors (Lipinski definition) is 4. The molecule has 21 heavy (non-hydrogen) atoms. The van der Waals surface area contributed by atoms with E-state index in [2.05, 4.69) is 48.7 Å². The zero-order chi connectivity index (χ0) is 15.0. The molecule has 0 aliphatic heterocycles. The van der Waals surface area contributed by atoms with Crippen LogP contribution in [-0.4, -0.2) is 10.1 Å². The van der Waals surface area contributed by atoms with Crippen molar-refractivity contribution in [1.82, 2.24) is 10.1 Å². The number of nitrogen functional groups attached to an aromatic ring is 1. The number of aromatic nitrogens is 2. The van der Waals surface area contributed by atoms with Crippen molar-refractivity contribution in [3.05, 3.63) is 49.5 Å². The fourth-order valence-electron chi connectivity index (χ4n) is 1.80. The maximum atomic E-state index is 5.98. The van der Waals surface area contributed by atoms with Gasteiger partial charge in [-0.15, -0.1) is 0 Å². The van der Waals surface area contributed by atoms with Crippen LogP contribution in [0.1, 0.15) is 0 Å². The van der Waals surface area contributed by atoms with Crippen molar-refractivity contribution in [2.45, 2.75) is 0 Å². The van der Waals surface area contributed by atoms with Gasteiger partial charge in [-0.05, 0) is 74.9 Å². The fraction of sp³-hybridized carbons (Fsp3) is 0. The molecule has 3 rings (SSSR count). The van der Waals surface area contributed by atoms with Gasteiger partial charge in [0.15, 0.2) is 0 Å². The molecule has 3 aromatic rings. The summed E-state index contributed by atoms with van der Waals surface area (Å²) in [5, 5.41) is 4.63. The lowest BCUT2D eigenvalue weighted by Crippen LogP contribution is -1.91. The summed E-state index contributed by atoms with van der Waals surface area (Å²) >= 11 is 11.6. The third-order valence-corrected chi connectivity index (χ3v) is 4.73. The van der Waals surface area contributed by atoms with Gasteiger partial charge in [-0.2, -0.15) is 4.98 Å². The van der Waals surface area contributed by atoms with Gasteiger partial charge in [-0.3, -0.25) is 0 Å². The molecule has 0 saturated carbocycles. The lowest BCUT2D eigenvalue weighted by atomic mass is 10.2. The molecule has 106 valence electrons. The zero-order valence-electron chi connectivity index (χ0n) is 10.5. The first-order valence-electron chi connectivity index (χ1n) is 5.89. The summed E-state index contributed by atoms with van der Waals surface area (Å²) in [6, 6.07) is 11.1. The van der Waals surface area contributed by atoms with E-state index in [-0.39, 0.29) is 0 Å². The fourth-order valence-corrected chi connectivity index (χ4v) is 2.79. The van der Waals surface area contributed by atoms with Crippen LogP contribution in [0, 0.1) is 3.57 Å². The first kappa shape index (κ1) is 14.8. The Kier molecular flexibility index (Phi) is 4.19. The molecule has 2 N–H and O–H groups in total. The monoisotopic (exact) mass is 475 g/mol. The lowest BCUT2D eigenvalue weighted by molar-refractivity contribution is 0.432. The van der Waals surface area contributed by atoms with Crippen LogP contribution in [0.2, 0.25) is 5.02 Å². The quantitative estimate of drug-likeness (QED) is 0.417. The average molecular weight is 476 g/mol. The highest BCUT2D eigenvalue weighted by atomic mass is 127. The van der Waals surface area contributed by atoms with Crippen LogP contribution < -0.4 is 5.73 Å². The van der Waals surface area contributed by atoms with Crippen molar-refractivity contribution >= 4 is 55.8 Å². The summed E-state index contributed by atoms with van der Waals surface area (Å²) in [5.41, 5.74) is 8.10. The number of halogens is 3. The molecule has 0 fully saturated rings. The van der Waals surface area contributed by atoms with Crippen molar-refractivity contribution in [3.8, 4) is 22.8 Å². The van der Waals surface area contributed by atoms with Gasteiger partial charge >= 0.3 is 0 Å². The summed E-state index contributed by atoms with van der Waals surface area (Å²) in [4.78, 5) is 4.40. The van der Waals surface area contributed by atoms with E-state index in [4.69, 9.17) is 21.9 Å². The summed E-state index contributed by atoms with van der Waals surface area (Å²) in [6.07, 6.45) is 0. The maximum absolute atomic E-state index is 5.98. The molecule has 0 atom stereocenters. The Hall–Kier alpha value is -1.12. The summed E-state index contributed by atoms with van der Waals surface area (Å²) in [6.45, 7) is 0. The van der Waals surface area contributed by atoms with E-state index in [1.165, 1.54) is 0 Å². The van der Waals surface area contributed by atoms with Gasteiger partial charge in [0.2, 0.25) is 5.82 Å². The van der Waals surface area contributed by atoms with Gasteiger partial charge in [-0.1, -0.05) is 16.8 Å². The zero-order valence-corrected chi connectivity index (χ0v) is 15.0. The van der Waals surface area contributed by atoms with Crippen LogP contribution in [0.4, 0.5) is 5.69 Å². The van der Waals surface area contributed by atoms with Crippen LogP contribution in [0.3, 0.4) is 0 Å². The molecule has 7 heteroatoms. The number of benzene rings is 2. The van der Waals surface area contributed by atoms with E-state index in [0.29, 0.717) is 22.4 Å². The predicted octanol–water partition coefficient (Wildman–Crippen LogP) is 5.01. The molecule has 0 saturated heterocycles. The SMILES string of the molecule is Nc1ccc(I)cc1-c1nc(-c2ccc(Cl)c(Br)c2)no1. The normalized spacial score (nSPS) is 10.8. The van der Waals surface area contributed by atoms with Gasteiger partial charge in [0.25, 0.3) is 5.89 Å². The summed E-state index contributed by atoms with van der Waals surface area (Å²) in [5.74, 6) is 0.882. The van der Waals surface area contributed by atoms with Gasteiger partial charge in [0.1, 0.15) is 0 Å². The smallest absolute Gasteiger partial charge is 0.260 e. The van der Waals surface area contributed by atoms with Crippen LogP contribution in [0.15, 0.2) is 45.4 Å². The van der Waals surface area contributed by atoms with E-state index in [9.17, 15) is 0 Å². The maximum Gasteiger partial charge on any atom is 0.260 e. The Morgan fingerprint density at radius 3 is 2.76 bits per heavy atom. The third kappa shape index (κ3) is 3.07. The van der Waals surface area contributed by atoms with E-state index >= 15 is 0 Å². The van der Waals surface area contributed by atoms with E-state index in [1.807, 2.05) is 30.3 Å². The van der Waals surface area contributed by atoms with Crippen LogP contribution in [0.25, 0.3) is 22.8 Å². The second-order valence-corrected chi connectivity index (χ2v) is 6.79. The second-order valence-electron chi connectivity index (χ2n) is 4.28. The van der Waals surface area contributed by atoms with Crippen molar-refractivity contribution in [3.63, 3.8) is 0 Å². The summed E-state index contributed by atoms with van der Waals surface area (Å²) in [7, 11) is 0. The molecule has 1 aromatic heterocycles.